The van der Waals surface area contributed by atoms with Gasteiger partial charge in [0.15, 0.2) is 0 Å². The lowest BCUT2D eigenvalue weighted by Gasteiger charge is -2.35. The van der Waals surface area contributed by atoms with Crippen LogP contribution in [-0.2, 0) is 6.54 Å². The zero-order valence-corrected chi connectivity index (χ0v) is 17.2. The van der Waals surface area contributed by atoms with Gasteiger partial charge in [0.25, 0.3) is 0 Å². The molecule has 1 aliphatic heterocycles. The largest absolute Gasteiger partial charge is 0.376 e. The maximum Gasteiger partial charge on any atom is 0.211 e. The van der Waals surface area contributed by atoms with Gasteiger partial charge in [0, 0.05) is 49.5 Å². The molecule has 0 radical (unpaired) electrons. The van der Waals surface area contributed by atoms with Gasteiger partial charge in [-0.25, -0.2) is 0 Å². The zero-order valence-electron chi connectivity index (χ0n) is 16.5. The molecule has 6 heteroatoms. The number of hydrogen-bond acceptors (Lipinski definition) is 5. The number of nitrogens with one attached hydrogen (secondary N) is 1. The third kappa shape index (κ3) is 3.93. The Balaban J connectivity index is 1.42. The number of ketones is 2. The lowest BCUT2D eigenvalue weighted by atomic mass is 9.92. The number of allylic oxidation sites excluding steroid dienone is 2. The number of likely N-dealkylation sites (N-methyl/N-ethyl adjacent to an activating group) is 1. The Labute approximate surface area is 175 Å². The number of benzene rings is 2. The molecule has 0 unspecified atom stereocenters. The fourth-order valence-corrected chi connectivity index (χ4v) is 4.09. The summed E-state index contributed by atoms with van der Waals surface area (Å²) >= 11 is 6.21. The van der Waals surface area contributed by atoms with Crippen LogP contribution in [0.25, 0.3) is 0 Å². The van der Waals surface area contributed by atoms with Gasteiger partial charge in [0.1, 0.15) is 10.7 Å². The van der Waals surface area contributed by atoms with Crippen molar-refractivity contribution in [2.24, 2.45) is 0 Å². The van der Waals surface area contributed by atoms with Gasteiger partial charge < -0.3 is 15.1 Å². The Hall–Kier alpha value is -2.63. The molecule has 0 atom stereocenters. The molecule has 5 nitrogen and oxygen atoms in total. The van der Waals surface area contributed by atoms with E-state index >= 15 is 0 Å². The number of carbonyl (C=O) groups is 2. The Bertz CT molecular complexity index is 960. The fourth-order valence-electron chi connectivity index (χ4n) is 3.84. The molecule has 1 aliphatic carbocycles. The summed E-state index contributed by atoms with van der Waals surface area (Å²) in [6, 6.07) is 15.1. The number of nitrogens with zero attached hydrogens (tertiary/aromatic N) is 2. The highest BCUT2D eigenvalue weighted by molar-refractivity contribution is 6.49. The Morgan fingerprint density at radius 1 is 0.897 bits per heavy atom. The van der Waals surface area contributed by atoms with Crippen molar-refractivity contribution in [1.82, 2.24) is 10.2 Å². The Kier molecular flexibility index (Phi) is 5.69. The van der Waals surface area contributed by atoms with E-state index in [9.17, 15) is 9.59 Å². The van der Waals surface area contributed by atoms with E-state index in [-0.39, 0.29) is 22.3 Å². The second kappa shape index (κ2) is 8.39. The monoisotopic (exact) mass is 409 g/mol. The van der Waals surface area contributed by atoms with Gasteiger partial charge in [-0.05, 0) is 24.2 Å². The van der Waals surface area contributed by atoms with Crippen molar-refractivity contribution >= 4 is 28.9 Å². The number of fused-ring (bicyclic) bond motifs is 1. The number of piperazine rings is 1. The van der Waals surface area contributed by atoms with Crippen LogP contribution in [0.15, 0.2) is 59.3 Å². The number of halogens is 1. The van der Waals surface area contributed by atoms with Crippen molar-refractivity contribution < 1.29 is 9.59 Å². The third-order valence-electron chi connectivity index (χ3n) is 5.65. The number of anilines is 1. The molecular formula is C23H24ClN3O2. The van der Waals surface area contributed by atoms with E-state index in [2.05, 4.69) is 34.2 Å². The summed E-state index contributed by atoms with van der Waals surface area (Å²) in [7, 11) is 0. The molecule has 150 valence electrons. The molecule has 4 rings (SSSR count). The van der Waals surface area contributed by atoms with Gasteiger partial charge in [-0.1, -0.05) is 54.9 Å². The van der Waals surface area contributed by atoms with Crippen molar-refractivity contribution in [2.45, 2.75) is 13.5 Å². The van der Waals surface area contributed by atoms with Crippen LogP contribution in [-0.4, -0.2) is 49.2 Å². The smallest absolute Gasteiger partial charge is 0.211 e. The van der Waals surface area contributed by atoms with E-state index in [0.29, 0.717) is 17.7 Å². The number of Topliss-reactive ketones (excluding diaryl/α,β-unsaturated/α-hetero) is 2. The van der Waals surface area contributed by atoms with Crippen LogP contribution in [0.2, 0.25) is 0 Å². The summed E-state index contributed by atoms with van der Waals surface area (Å²) in [6.45, 7) is 7.96. The summed E-state index contributed by atoms with van der Waals surface area (Å²) < 4.78 is 0. The molecule has 29 heavy (non-hydrogen) atoms. The van der Waals surface area contributed by atoms with Crippen LogP contribution >= 0.6 is 11.6 Å². The first-order chi connectivity index (χ1) is 14.1. The van der Waals surface area contributed by atoms with Crippen LogP contribution in [0.5, 0.6) is 0 Å². The van der Waals surface area contributed by atoms with Crippen molar-refractivity contribution in [2.75, 3.05) is 37.6 Å². The molecule has 0 aromatic heterocycles. The summed E-state index contributed by atoms with van der Waals surface area (Å²) in [5.41, 5.74) is 3.17. The molecule has 1 saturated heterocycles. The highest BCUT2D eigenvalue weighted by atomic mass is 35.5. The Morgan fingerprint density at radius 3 is 2.14 bits per heavy atom. The maximum absolute atomic E-state index is 12.7. The van der Waals surface area contributed by atoms with Gasteiger partial charge >= 0.3 is 0 Å². The van der Waals surface area contributed by atoms with Crippen LogP contribution in [0, 0.1) is 0 Å². The molecular weight excluding hydrogens is 386 g/mol. The molecule has 0 bridgehead atoms. The van der Waals surface area contributed by atoms with E-state index in [1.54, 1.807) is 24.3 Å². The van der Waals surface area contributed by atoms with Gasteiger partial charge in [-0.2, -0.15) is 0 Å². The lowest BCUT2D eigenvalue weighted by molar-refractivity contribution is 0.0974. The molecule has 1 fully saturated rings. The van der Waals surface area contributed by atoms with Crippen LogP contribution in [0.1, 0.15) is 33.2 Å². The van der Waals surface area contributed by atoms with Crippen molar-refractivity contribution in [1.29, 1.82) is 0 Å². The topological polar surface area (TPSA) is 52.6 Å². The number of carbonyl (C=O) groups excluding carboxylic acids is 2. The quantitative estimate of drug-likeness (QED) is 0.819. The highest BCUT2D eigenvalue weighted by Gasteiger charge is 2.31. The fraction of sp³-hybridized carbons (Fsp3) is 0.304. The minimum absolute atomic E-state index is 0.0425. The molecule has 2 aliphatic rings. The minimum atomic E-state index is -0.314. The van der Waals surface area contributed by atoms with E-state index in [1.807, 2.05) is 12.1 Å². The van der Waals surface area contributed by atoms with Gasteiger partial charge in [0.2, 0.25) is 11.6 Å². The average Bonchev–Trinajstić information content (AvgIpc) is 2.78. The van der Waals surface area contributed by atoms with Gasteiger partial charge in [0.05, 0.1) is 0 Å². The Morgan fingerprint density at radius 2 is 1.52 bits per heavy atom. The van der Waals surface area contributed by atoms with E-state index in [0.717, 1.165) is 38.3 Å². The molecule has 0 spiro atoms. The number of hydrogen-bond donors (Lipinski definition) is 1. The first-order valence-electron chi connectivity index (χ1n) is 9.96. The molecule has 0 saturated carbocycles. The first kappa shape index (κ1) is 19.7. The van der Waals surface area contributed by atoms with Crippen LogP contribution < -0.4 is 10.2 Å². The van der Waals surface area contributed by atoms with Crippen molar-refractivity contribution in [3.63, 3.8) is 0 Å². The first-order valence-corrected chi connectivity index (χ1v) is 10.3. The van der Waals surface area contributed by atoms with E-state index in [1.165, 1.54) is 5.69 Å². The second-order valence-corrected chi connectivity index (χ2v) is 7.71. The standard InChI is InChI=1S/C23H24ClN3O2/c1-2-26-11-13-27(14-12-26)17-9-7-16(8-10-17)15-25-21-20(24)22(28)18-5-3-4-6-19(18)23(21)29/h3-10,25H,2,11-15H2,1H3. The van der Waals surface area contributed by atoms with Crippen LogP contribution in [0.3, 0.4) is 0 Å². The van der Waals surface area contributed by atoms with Crippen molar-refractivity contribution in [3.05, 3.63) is 76.0 Å². The molecule has 0 amide bonds. The average molecular weight is 410 g/mol. The third-order valence-corrected chi connectivity index (χ3v) is 6.01. The predicted octanol–water partition coefficient (Wildman–Crippen LogP) is 3.45. The molecule has 2 aromatic carbocycles. The van der Waals surface area contributed by atoms with Gasteiger partial charge in [-0.15, -0.1) is 0 Å². The lowest BCUT2D eigenvalue weighted by Crippen LogP contribution is -2.46. The number of rotatable bonds is 5. The SMILES string of the molecule is CCN1CCN(c2ccc(CNC3=C(Cl)C(=O)c4ccccc4C3=O)cc2)CC1. The normalized spacial score (nSPS) is 17.5. The van der Waals surface area contributed by atoms with Gasteiger partial charge in [-0.3, -0.25) is 9.59 Å². The summed E-state index contributed by atoms with van der Waals surface area (Å²) in [6.07, 6.45) is 0. The second-order valence-electron chi connectivity index (χ2n) is 7.33. The summed E-state index contributed by atoms with van der Waals surface area (Å²) in [5.74, 6) is -0.554. The van der Waals surface area contributed by atoms with Crippen molar-refractivity contribution in [3.8, 4) is 0 Å². The molecule has 1 heterocycles. The zero-order chi connectivity index (χ0) is 20.4. The van der Waals surface area contributed by atoms with E-state index in [4.69, 9.17) is 11.6 Å². The maximum atomic E-state index is 12.7. The minimum Gasteiger partial charge on any atom is -0.376 e. The summed E-state index contributed by atoms with van der Waals surface area (Å²) in [4.78, 5) is 30.0. The van der Waals surface area contributed by atoms with E-state index < -0.39 is 0 Å². The van der Waals surface area contributed by atoms with Crippen LogP contribution in [0.4, 0.5) is 5.69 Å². The highest BCUT2D eigenvalue weighted by Crippen LogP contribution is 2.27. The molecule has 2 aromatic rings. The summed E-state index contributed by atoms with van der Waals surface area (Å²) in [5, 5.41) is 3.04. The predicted molar refractivity (Wildman–Crippen MR) is 116 cm³/mol. The molecule has 1 N–H and O–H groups in total.